The summed E-state index contributed by atoms with van der Waals surface area (Å²) < 4.78 is 10.7. The molecule has 1 saturated carbocycles. The molecule has 1 heterocycles. The van der Waals surface area contributed by atoms with Crippen molar-refractivity contribution in [2.75, 3.05) is 67.2 Å². The zero-order valence-electron chi connectivity index (χ0n) is 15.8. The van der Waals surface area contributed by atoms with Crippen molar-refractivity contribution in [1.82, 2.24) is 15.1 Å². The molecule has 0 spiro atoms. The van der Waals surface area contributed by atoms with E-state index in [4.69, 9.17) is 9.47 Å². The van der Waals surface area contributed by atoms with Gasteiger partial charge in [0.2, 0.25) is 0 Å². The van der Waals surface area contributed by atoms with Crippen LogP contribution in [0.3, 0.4) is 0 Å². The SMILES string of the molecule is CN=C(NCCN(C)C1CCCC1)N1CCC(COCCOC)C1. The average molecular weight is 341 g/mol. The Hall–Kier alpha value is -0.850. The Morgan fingerprint density at radius 1 is 1.25 bits per heavy atom. The Balaban J connectivity index is 1.63. The molecule has 0 aromatic carbocycles. The number of hydrogen-bond acceptors (Lipinski definition) is 4. The highest BCUT2D eigenvalue weighted by molar-refractivity contribution is 5.80. The van der Waals surface area contributed by atoms with Crippen molar-refractivity contribution in [2.45, 2.75) is 38.1 Å². The summed E-state index contributed by atoms with van der Waals surface area (Å²) in [4.78, 5) is 9.33. The molecule has 2 rings (SSSR count). The van der Waals surface area contributed by atoms with E-state index in [1.807, 2.05) is 7.05 Å². The molecule has 0 amide bonds. The molecule has 0 aromatic rings. The second-order valence-corrected chi connectivity index (χ2v) is 7.06. The Morgan fingerprint density at radius 2 is 2.04 bits per heavy atom. The van der Waals surface area contributed by atoms with Gasteiger partial charge in [0.25, 0.3) is 0 Å². The van der Waals surface area contributed by atoms with E-state index in [0.29, 0.717) is 19.1 Å². The van der Waals surface area contributed by atoms with E-state index in [1.54, 1.807) is 7.11 Å². The Labute approximate surface area is 147 Å². The zero-order chi connectivity index (χ0) is 17.2. The first-order valence-electron chi connectivity index (χ1n) is 9.47. The molecule has 2 aliphatic rings. The number of nitrogens with zero attached hydrogens (tertiary/aromatic N) is 3. The first-order valence-corrected chi connectivity index (χ1v) is 9.47. The van der Waals surface area contributed by atoms with E-state index in [2.05, 4.69) is 27.2 Å². The predicted molar refractivity (Wildman–Crippen MR) is 98.6 cm³/mol. The lowest BCUT2D eigenvalue weighted by molar-refractivity contribution is 0.0536. The van der Waals surface area contributed by atoms with Gasteiger partial charge in [-0.15, -0.1) is 0 Å². The second-order valence-electron chi connectivity index (χ2n) is 7.06. The lowest BCUT2D eigenvalue weighted by Gasteiger charge is -2.26. The van der Waals surface area contributed by atoms with Gasteiger partial charge in [0.05, 0.1) is 19.8 Å². The van der Waals surface area contributed by atoms with E-state index in [1.165, 1.54) is 32.1 Å². The van der Waals surface area contributed by atoms with Crippen LogP contribution in [0.25, 0.3) is 0 Å². The minimum atomic E-state index is 0.599. The third-order valence-electron chi connectivity index (χ3n) is 5.28. The van der Waals surface area contributed by atoms with Gasteiger partial charge in [-0.25, -0.2) is 0 Å². The predicted octanol–water partition coefficient (Wildman–Crippen LogP) is 1.42. The maximum atomic E-state index is 5.67. The van der Waals surface area contributed by atoms with Crippen LogP contribution in [0.2, 0.25) is 0 Å². The number of rotatable bonds is 9. The number of likely N-dealkylation sites (tertiary alicyclic amines) is 1. The minimum Gasteiger partial charge on any atom is -0.382 e. The number of nitrogens with one attached hydrogen (secondary N) is 1. The lowest BCUT2D eigenvalue weighted by atomic mass is 10.1. The van der Waals surface area contributed by atoms with Crippen LogP contribution >= 0.6 is 0 Å². The third kappa shape index (κ3) is 6.22. The summed E-state index contributed by atoms with van der Waals surface area (Å²) in [5.74, 6) is 1.63. The van der Waals surface area contributed by atoms with Crippen LogP contribution in [0.1, 0.15) is 32.1 Å². The number of ether oxygens (including phenoxy) is 2. The summed E-state index contributed by atoms with van der Waals surface area (Å²) in [6, 6.07) is 0.786. The van der Waals surface area contributed by atoms with Gasteiger partial charge in [-0.1, -0.05) is 12.8 Å². The highest BCUT2D eigenvalue weighted by atomic mass is 16.5. The van der Waals surface area contributed by atoms with E-state index < -0.39 is 0 Å². The molecule has 1 aliphatic heterocycles. The van der Waals surface area contributed by atoms with E-state index in [0.717, 1.165) is 44.8 Å². The minimum absolute atomic E-state index is 0.599. The highest BCUT2D eigenvalue weighted by Crippen LogP contribution is 2.22. The summed E-state index contributed by atoms with van der Waals surface area (Å²) >= 11 is 0. The van der Waals surface area contributed by atoms with Crippen LogP contribution < -0.4 is 5.32 Å². The monoisotopic (exact) mass is 340 g/mol. The molecule has 2 fully saturated rings. The van der Waals surface area contributed by atoms with E-state index in [-0.39, 0.29) is 0 Å². The van der Waals surface area contributed by atoms with Crippen molar-refractivity contribution in [3.05, 3.63) is 0 Å². The van der Waals surface area contributed by atoms with Crippen LogP contribution in [-0.2, 0) is 9.47 Å². The maximum absolute atomic E-state index is 5.67. The molecule has 6 nitrogen and oxygen atoms in total. The van der Waals surface area contributed by atoms with Crippen molar-refractivity contribution >= 4 is 5.96 Å². The van der Waals surface area contributed by atoms with Crippen LogP contribution in [0.5, 0.6) is 0 Å². The van der Waals surface area contributed by atoms with Crippen molar-refractivity contribution in [1.29, 1.82) is 0 Å². The first-order chi connectivity index (χ1) is 11.7. The van der Waals surface area contributed by atoms with Gasteiger partial charge in [0.15, 0.2) is 5.96 Å². The fraction of sp³-hybridized carbons (Fsp3) is 0.944. The number of aliphatic imine (C=N–C) groups is 1. The molecule has 1 N–H and O–H groups in total. The van der Waals surface area contributed by atoms with Crippen molar-refractivity contribution in [3.8, 4) is 0 Å². The van der Waals surface area contributed by atoms with Crippen LogP contribution in [0.15, 0.2) is 4.99 Å². The van der Waals surface area contributed by atoms with Gasteiger partial charge < -0.3 is 24.6 Å². The standard InChI is InChI=1S/C18H36N4O2/c1-19-18(20-9-11-21(2)17-6-4-5-7-17)22-10-8-16(14-22)15-24-13-12-23-3/h16-17H,4-15H2,1-3H3,(H,19,20). The van der Waals surface area contributed by atoms with Crippen LogP contribution in [0, 0.1) is 5.92 Å². The molecule has 140 valence electrons. The lowest BCUT2D eigenvalue weighted by Crippen LogP contribution is -2.44. The number of likely N-dealkylation sites (N-methyl/N-ethyl adjacent to an activating group) is 1. The van der Waals surface area contributed by atoms with Crippen LogP contribution in [0.4, 0.5) is 0 Å². The van der Waals surface area contributed by atoms with E-state index >= 15 is 0 Å². The van der Waals surface area contributed by atoms with Crippen molar-refractivity contribution in [2.24, 2.45) is 10.9 Å². The van der Waals surface area contributed by atoms with Gasteiger partial charge in [0.1, 0.15) is 0 Å². The fourth-order valence-corrected chi connectivity index (χ4v) is 3.76. The molecule has 0 bridgehead atoms. The number of hydrogen-bond donors (Lipinski definition) is 1. The first kappa shape index (κ1) is 19.5. The summed E-state index contributed by atoms with van der Waals surface area (Å²) in [5.41, 5.74) is 0. The molecule has 1 aliphatic carbocycles. The topological polar surface area (TPSA) is 49.3 Å². The molecular formula is C18H36N4O2. The molecule has 24 heavy (non-hydrogen) atoms. The van der Waals surface area contributed by atoms with Crippen molar-refractivity contribution in [3.63, 3.8) is 0 Å². The number of methoxy groups -OCH3 is 1. The quantitative estimate of drug-likeness (QED) is 0.391. The fourth-order valence-electron chi connectivity index (χ4n) is 3.76. The summed E-state index contributed by atoms with van der Waals surface area (Å²) in [6.45, 7) is 6.33. The molecule has 1 atom stereocenters. The Bertz CT molecular complexity index is 372. The summed E-state index contributed by atoms with van der Waals surface area (Å²) in [6.07, 6.45) is 6.69. The molecular weight excluding hydrogens is 304 g/mol. The largest absolute Gasteiger partial charge is 0.382 e. The molecule has 1 unspecified atom stereocenters. The van der Waals surface area contributed by atoms with E-state index in [9.17, 15) is 0 Å². The van der Waals surface area contributed by atoms with Crippen molar-refractivity contribution < 1.29 is 9.47 Å². The Morgan fingerprint density at radius 3 is 2.75 bits per heavy atom. The Kier molecular flexibility index (Phi) is 8.84. The summed E-state index contributed by atoms with van der Waals surface area (Å²) in [7, 11) is 5.84. The number of guanidine groups is 1. The summed E-state index contributed by atoms with van der Waals surface area (Å²) in [5, 5.41) is 3.54. The van der Waals surface area contributed by atoms with Gasteiger partial charge in [-0.2, -0.15) is 0 Å². The molecule has 0 radical (unpaired) electrons. The van der Waals surface area contributed by atoms with Gasteiger partial charge in [-0.05, 0) is 26.3 Å². The second kappa shape index (κ2) is 10.9. The zero-order valence-corrected chi connectivity index (χ0v) is 15.8. The highest BCUT2D eigenvalue weighted by Gasteiger charge is 2.25. The maximum Gasteiger partial charge on any atom is 0.193 e. The van der Waals surface area contributed by atoms with Crippen LogP contribution in [-0.4, -0.2) is 89.0 Å². The molecule has 6 heteroatoms. The van der Waals surface area contributed by atoms with Gasteiger partial charge in [-0.3, -0.25) is 4.99 Å². The average Bonchev–Trinajstić information content (AvgIpc) is 3.27. The van der Waals surface area contributed by atoms with Gasteiger partial charge >= 0.3 is 0 Å². The molecule has 1 saturated heterocycles. The molecule has 0 aromatic heterocycles. The third-order valence-corrected chi connectivity index (χ3v) is 5.28. The normalized spacial score (nSPS) is 22.8. The van der Waals surface area contributed by atoms with Gasteiger partial charge in [0, 0.05) is 52.3 Å². The smallest absolute Gasteiger partial charge is 0.193 e.